The van der Waals surface area contributed by atoms with Gasteiger partial charge in [-0.25, -0.2) is 0 Å². The van der Waals surface area contributed by atoms with E-state index < -0.39 is 5.41 Å². The van der Waals surface area contributed by atoms with Crippen molar-refractivity contribution in [2.24, 2.45) is 11.7 Å². The van der Waals surface area contributed by atoms with Crippen molar-refractivity contribution >= 4 is 22.9 Å². The average Bonchev–Trinajstić information content (AvgIpc) is 3.31. The van der Waals surface area contributed by atoms with Gasteiger partial charge in [0.1, 0.15) is 11.5 Å². The maximum Gasteiger partial charge on any atom is 0.241 e. The molecule has 0 saturated heterocycles. The average molecular weight is 373 g/mol. The molecule has 1 spiro atoms. The van der Waals surface area contributed by atoms with Crippen LogP contribution >= 0.6 is 11.3 Å². The summed E-state index contributed by atoms with van der Waals surface area (Å²) in [6.45, 7) is 0. The predicted octanol–water partition coefficient (Wildman–Crippen LogP) is 4.20. The fourth-order valence-electron chi connectivity index (χ4n) is 5.22. The first-order chi connectivity index (χ1) is 13.2. The lowest BCUT2D eigenvalue weighted by atomic mass is 9.55. The maximum absolute atomic E-state index is 13.5. The second kappa shape index (κ2) is 5.83. The van der Waals surface area contributed by atoms with Gasteiger partial charge in [0.2, 0.25) is 5.91 Å². The molecular weight excluding hydrogens is 354 g/mol. The number of hydrogen-bond acceptors (Lipinski definition) is 4. The Morgan fingerprint density at radius 2 is 2.11 bits per heavy atom. The lowest BCUT2D eigenvalue weighted by molar-refractivity contribution is -0.121. The number of nitriles is 1. The van der Waals surface area contributed by atoms with Gasteiger partial charge in [-0.05, 0) is 53.8 Å². The van der Waals surface area contributed by atoms with Crippen LogP contribution < -0.4 is 11.1 Å². The number of allylic oxidation sites excluding steroid dienone is 3. The normalized spacial score (nSPS) is 29.0. The first kappa shape index (κ1) is 16.3. The van der Waals surface area contributed by atoms with Crippen LogP contribution in [0.2, 0.25) is 0 Å². The van der Waals surface area contributed by atoms with E-state index in [4.69, 9.17) is 5.73 Å². The van der Waals surface area contributed by atoms with Gasteiger partial charge >= 0.3 is 0 Å². The Kier molecular flexibility index (Phi) is 3.53. The van der Waals surface area contributed by atoms with Gasteiger partial charge in [0.05, 0.1) is 5.57 Å². The molecule has 1 aromatic heterocycles. The van der Waals surface area contributed by atoms with Gasteiger partial charge < -0.3 is 11.1 Å². The van der Waals surface area contributed by atoms with Crippen LogP contribution in [0.15, 0.2) is 64.7 Å². The smallest absolute Gasteiger partial charge is 0.241 e. The molecule has 5 heteroatoms. The Hall–Kier alpha value is -2.84. The highest BCUT2D eigenvalue weighted by atomic mass is 32.1. The van der Waals surface area contributed by atoms with Gasteiger partial charge in [-0.1, -0.05) is 30.3 Å². The third kappa shape index (κ3) is 1.99. The molecule has 0 radical (unpaired) electrons. The summed E-state index contributed by atoms with van der Waals surface area (Å²) >= 11 is 1.67. The second-order valence-electron chi connectivity index (χ2n) is 7.40. The van der Waals surface area contributed by atoms with Crippen molar-refractivity contribution in [2.75, 3.05) is 5.32 Å². The van der Waals surface area contributed by atoms with E-state index >= 15 is 0 Å². The molecule has 1 amide bonds. The molecule has 27 heavy (non-hydrogen) atoms. The summed E-state index contributed by atoms with van der Waals surface area (Å²) in [4.78, 5) is 14.7. The molecule has 5 rings (SSSR count). The van der Waals surface area contributed by atoms with Gasteiger partial charge in [-0.2, -0.15) is 5.26 Å². The van der Waals surface area contributed by atoms with Crippen molar-refractivity contribution in [2.45, 2.75) is 30.6 Å². The van der Waals surface area contributed by atoms with E-state index in [0.29, 0.717) is 11.3 Å². The molecule has 3 aliphatic rings. The molecule has 2 aromatic rings. The van der Waals surface area contributed by atoms with Crippen LogP contribution in [0.25, 0.3) is 0 Å². The zero-order chi connectivity index (χ0) is 18.6. The van der Waals surface area contributed by atoms with E-state index in [9.17, 15) is 10.1 Å². The molecule has 1 aromatic carbocycles. The zero-order valence-electron chi connectivity index (χ0n) is 14.7. The van der Waals surface area contributed by atoms with Gasteiger partial charge in [0.25, 0.3) is 0 Å². The number of nitrogens with two attached hydrogens (primary N) is 1. The Balaban J connectivity index is 1.90. The fourth-order valence-corrected chi connectivity index (χ4v) is 6.18. The summed E-state index contributed by atoms with van der Waals surface area (Å²) in [5.41, 5.74) is 9.30. The number of amides is 1. The summed E-state index contributed by atoms with van der Waals surface area (Å²) in [7, 11) is 0. The van der Waals surface area contributed by atoms with Crippen molar-refractivity contribution in [3.63, 3.8) is 0 Å². The summed E-state index contributed by atoms with van der Waals surface area (Å²) in [6, 6.07) is 14.2. The van der Waals surface area contributed by atoms with Crippen LogP contribution in [0.5, 0.6) is 0 Å². The quantitative estimate of drug-likeness (QED) is 0.786. The fraction of sp³-hybridized carbons (Fsp3) is 0.273. The summed E-state index contributed by atoms with van der Waals surface area (Å²) in [5, 5.41) is 15.0. The second-order valence-corrected chi connectivity index (χ2v) is 8.38. The Labute approximate surface area is 162 Å². The SMILES string of the molecule is N#CC1=C(N)[C@]2(C(=O)Nc3ccccc32)[C@@H](c2cccs2)[C@@H]2CCCC=C12. The van der Waals surface area contributed by atoms with Crippen LogP contribution in [-0.4, -0.2) is 5.91 Å². The third-order valence-corrected chi connectivity index (χ3v) is 7.21. The number of rotatable bonds is 1. The number of benzene rings is 1. The molecule has 3 atom stereocenters. The Morgan fingerprint density at radius 1 is 1.26 bits per heavy atom. The van der Waals surface area contributed by atoms with Crippen molar-refractivity contribution < 1.29 is 4.79 Å². The van der Waals surface area contributed by atoms with Crippen molar-refractivity contribution in [1.29, 1.82) is 5.26 Å². The predicted molar refractivity (Wildman–Crippen MR) is 106 cm³/mol. The van der Waals surface area contributed by atoms with E-state index in [2.05, 4.69) is 23.5 Å². The number of nitrogens with one attached hydrogen (secondary N) is 1. The number of fused-ring (bicyclic) bond motifs is 3. The lowest BCUT2D eigenvalue weighted by Crippen LogP contribution is -2.51. The molecule has 1 aliphatic heterocycles. The van der Waals surface area contributed by atoms with E-state index in [-0.39, 0.29) is 17.7 Å². The minimum atomic E-state index is -1.02. The number of hydrogen-bond donors (Lipinski definition) is 2. The van der Waals surface area contributed by atoms with Crippen molar-refractivity contribution in [3.8, 4) is 6.07 Å². The van der Waals surface area contributed by atoms with Gasteiger partial charge in [-0.3, -0.25) is 4.79 Å². The maximum atomic E-state index is 13.5. The number of anilines is 1. The summed E-state index contributed by atoms with van der Waals surface area (Å²) in [6.07, 6.45) is 5.14. The molecular formula is C22H19N3OS. The number of carbonyl (C=O) groups excluding carboxylic acids is 1. The van der Waals surface area contributed by atoms with Gasteiger partial charge in [0, 0.05) is 22.2 Å². The first-order valence-electron chi connectivity index (χ1n) is 9.24. The lowest BCUT2D eigenvalue weighted by Gasteiger charge is -2.46. The van der Waals surface area contributed by atoms with E-state index in [1.54, 1.807) is 11.3 Å². The molecule has 0 unspecified atom stereocenters. The van der Waals surface area contributed by atoms with Crippen molar-refractivity contribution in [3.05, 3.63) is 75.1 Å². The van der Waals surface area contributed by atoms with Gasteiger partial charge in [-0.15, -0.1) is 11.3 Å². The van der Waals surface area contributed by atoms with Crippen molar-refractivity contribution in [1.82, 2.24) is 0 Å². The number of para-hydroxylation sites is 1. The van der Waals surface area contributed by atoms with Crippen LogP contribution in [-0.2, 0) is 10.2 Å². The first-order valence-corrected chi connectivity index (χ1v) is 10.1. The summed E-state index contributed by atoms with van der Waals surface area (Å²) < 4.78 is 0. The number of nitrogens with zero attached hydrogens (tertiary/aromatic N) is 1. The monoisotopic (exact) mass is 373 g/mol. The van der Waals surface area contributed by atoms with Crippen LogP contribution in [0, 0.1) is 17.2 Å². The Bertz CT molecular complexity index is 1040. The molecule has 2 heterocycles. The zero-order valence-corrected chi connectivity index (χ0v) is 15.6. The van der Waals surface area contributed by atoms with E-state index in [1.807, 2.05) is 35.7 Å². The standard InChI is InChI=1S/C22H19N3OS/c23-12-15-13-6-1-2-7-14(13)19(18-10-5-11-27-18)22(20(15)24)16-8-3-4-9-17(16)25-21(22)26/h3-6,8-11,14,19H,1-2,7,24H2,(H,25,26)/t14-,19-,22-/m1/s1. The molecule has 4 nitrogen and oxygen atoms in total. The van der Waals surface area contributed by atoms with Gasteiger partial charge in [0.15, 0.2) is 0 Å². The minimum Gasteiger partial charge on any atom is -0.400 e. The minimum absolute atomic E-state index is 0.0928. The largest absolute Gasteiger partial charge is 0.400 e. The molecule has 0 fully saturated rings. The number of carbonyl (C=O) groups is 1. The highest BCUT2D eigenvalue weighted by Crippen LogP contribution is 2.61. The van der Waals surface area contributed by atoms with E-state index in [0.717, 1.165) is 41.0 Å². The number of thiophene rings is 1. The molecule has 2 aliphatic carbocycles. The molecule has 0 bridgehead atoms. The van der Waals surface area contributed by atoms with Crippen LogP contribution in [0.3, 0.4) is 0 Å². The highest BCUT2D eigenvalue weighted by Gasteiger charge is 2.61. The Morgan fingerprint density at radius 3 is 2.89 bits per heavy atom. The molecule has 3 N–H and O–H groups in total. The third-order valence-electron chi connectivity index (χ3n) is 6.25. The van der Waals surface area contributed by atoms with E-state index in [1.165, 1.54) is 0 Å². The van der Waals surface area contributed by atoms with Crippen LogP contribution in [0.1, 0.15) is 35.6 Å². The topological polar surface area (TPSA) is 78.9 Å². The van der Waals surface area contributed by atoms with Crippen LogP contribution in [0.4, 0.5) is 5.69 Å². The summed E-state index contributed by atoms with van der Waals surface area (Å²) in [5.74, 6) is -0.0852. The molecule has 0 saturated carbocycles. The molecule has 134 valence electrons. The highest BCUT2D eigenvalue weighted by molar-refractivity contribution is 7.10.